The number of nitrogens with one attached hydrogen (secondary N) is 2. The van der Waals surface area contributed by atoms with Crippen LogP contribution in [0.15, 0.2) is 36.4 Å². The predicted octanol–water partition coefficient (Wildman–Crippen LogP) is 3.02. The Bertz CT molecular complexity index is 871. The van der Waals surface area contributed by atoms with Crippen LogP contribution >= 0.6 is 0 Å². The first-order valence-electron chi connectivity index (χ1n) is 9.14. The molecule has 2 aromatic carbocycles. The fourth-order valence-electron chi connectivity index (χ4n) is 4.17. The summed E-state index contributed by atoms with van der Waals surface area (Å²) in [6.45, 7) is 0.499. The summed E-state index contributed by atoms with van der Waals surface area (Å²) in [4.78, 5) is 12.2. The molecule has 2 aliphatic rings. The first-order chi connectivity index (χ1) is 13.1. The van der Waals surface area contributed by atoms with Gasteiger partial charge in [0, 0.05) is 18.5 Å². The van der Waals surface area contributed by atoms with E-state index in [1.165, 1.54) is 11.6 Å². The van der Waals surface area contributed by atoms with Crippen molar-refractivity contribution in [2.75, 3.05) is 20.8 Å². The number of halogens is 1. The van der Waals surface area contributed by atoms with Crippen LogP contribution in [0, 0.1) is 11.7 Å². The molecule has 2 aromatic rings. The van der Waals surface area contributed by atoms with Crippen molar-refractivity contribution in [1.82, 2.24) is 10.6 Å². The van der Waals surface area contributed by atoms with E-state index in [0.717, 1.165) is 29.0 Å². The van der Waals surface area contributed by atoms with E-state index in [9.17, 15) is 9.18 Å². The first kappa shape index (κ1) is 17.6. The summed E-state index contributed by atoms with van der Waals surface area (Å²) in [7, 11) is 3.25. The molecule has 2 aliphatic carbocycles. The number of hydrogen-bond donors (Lipinski definition) is 2. The largest absolute Gasteiger partial charge is 0.497 e. The van der Waals surface area contributed by atoms with Crippen LogP contribution in [-0.4, -0.2) is 32.8 Å². The Balaban J connectivity index is 1.28. The van der Waals surface area contributed by atoms with Crippen LogP contribution in [0.5, 0.6) is 11.5 Å². The maximum absolute atomic E-state index is 13.3. The maximum Gasteiger partial charge on any atom is 0.315 e. The van der Waals surface area contributed by atoms with Crippen LogP contribution in [-0.2, 0) is 12.8 Å². The van der Waals surface area contributed by atoms with Crippen molar-refractivity contribution in [2.45, 2.75) is 24.8 Å². The predicted molar refractivity (Wildman–Crippen MR) is 99.9 cm³/mol. The summed E-state index contributed by atoms with van der Waals surface area (Å²) in [6.07, 6.45) is 1.48. The number of methoxy groups -OCH3 is 2. The lowest BCUT2D eigenvalue weighted by Crippen LogP contribution is -2.39. The van der Waals surface area contributed by atoms with E-state index < -0.39 is 0 Å². The first-order valence-corrected chi connectivity index (χ1v) is 9.14. The van der Waals surface area contributed by atoms with Gasteiger partial charge in [0.15, 0.2) is 0 Å². The number of rotatable bonds is 6. The molecular formula is C21H23FN2O3. The minimum atomic E-state index is -0.190. The van der Waals surface area contributed by atoms with Crippen molar-refractivity contribution < 1.29 is 18.7 Å². The summed E-state index contributed by atoms with van der Waals surface area (Å²) >= 11 is 0. The molecule has 2 amide bonds. The van der Waals surface area contributed by atoms with E-state index in [1.54, 1.807) is 20.3 Å². The summed E-state index contributed by atoms with van der Waals surface area (Å²) in [5, 5.41) is 5.96. The minimum absolute atomic E-state index is 0.148. The van der Waals surface area contributed by atoms with Crippen LogP contribution in [0.4, 0.5) is 9.18 Å². The Morgan fingerprint density at radius 2 is 2.04 bits per heavy atom. The van der Waals surface area contributed by atoms with Crippen LogP contribution in [0.3, 0.4) is 0 Å². The Morgan fingerprint density at radius 1 is 1.19 bits per heavy atom. The molecule has 2 N–H and O–H groups in total. The van der Waals surface area contributed by atoms with Crippen LogP contribution in [0.2, 0.25) is 0 Å². The highest BCUT2D eigenvalue weighted by molar-refractivity contribution is 5.75. The average Bonchev–Trinajstić information content (AvgIpc) is 3.17. The van der Waals surface area contributed by atoms with Gasteiger partial charge in [0.1, 0.15) is 17.3 Å². The molecule has 0 radical (unpaired) electrons. The van der Waals surface area contributed by atoms with E-state index in [2.05, 4.69) is 10.6 Å². The van der Waals surface area contributed by atoms with Crippen molar-refractivity contribution in [2.24, 2.45) is 5.92 Å². The van der Waals surface area contributed by atoms with Gasteiger partial charge in [-0.3, -0.25) is 0 Å². The van der Waals surface area contributed by atoms with E-state index in [-0.39, 0.29) is 17.9 Å². The van der Waals surface area contributed by atoms with Crippen molar-refractivity contribution in [1.29, 1.82) is 0 Å². The minimum Gasteiger partial charge on any atom is -0.497 e. The summed E-state index contributed by atoms with van der Waals surface area (Å²) in [6, 6.07) is 10.6. The number of carbonyl (C=O) groups excluding carboxylic acids is 1. The van der Waals surface area contributed by atoms with Crippen molar-refractivity contribution in [3.8, 4) is 11.5 Å². The zero-order valence-corrected chi connectivity index (χ0v) is 15.4. The Hall–Kier alpha value is -2.76. The van der Waals surface area contributed by atoms with Crippen LogP contribution in [0.25, 0.3) is 0 Å². The number of urea groups is 1. The quantitative estimate of drug-likeness (QED) is 0.822. The molecule has 6 heteroatoms. The van der Waals surface area contributed by atoms with Gasteiger partial charge >= 0.3 is 6.03 Å². The molecule has 1 saturated carbocycles. The highest BCUT2D eigenvalue weighted by Gasteiger charge is 2.56. The van der Waals surface area contributed by atoms with E-state index in [4.69, 9.17) is 9.47 Å². The fraction of sp³-hybridized carbons (Fsp3) is 0.381. The zero-order chi connectivity index (χ0) is 19.0. The van der Waals surface area contributed by atoms with Crippen molar-refractivity contribution >= 4 is 6.03 Å². The lowest BCUT2D eigenvalue weighted by molar-refractivity contribution is 0.240. The molecule has 1 fully saturated rings. The molecule has 0 bridgehead atoms. The molecule has 142 valence electrons. The SMILES string of the molecule is COc1ccc(OC)c(CCNC(=O)NC2C3Cc4cc(F)ccc4C32)c1. The van der Waals surface area contributed by atoms with Gasteiger partial charge < -0.3 is 20.1 Å². The highest BCUT2D eigenvalue weighted by Crippen LogP contribution is 2.56. The lowest BCUT2D eigenvalue weighted by atomic mass is 10.0. The molecule has 0 aromatic heterocycles. The summed E-state index contributed by atoms with van der Waals surface area (Å²) in [5.74, 6) is 2.07. The van der Waals surface area contributed by atoms with Gasteiger partial charge in [-0.25, -0.2) is 9.18 Å². The van der Waals surface area contributed by atoms with Crippen LogP contribution < -0.4 is 20.1 Å². The third kappa shape index (κ3) is 3.44. The van der Waals surface area contributed by atoms with Gasteiger partial charge in [-0.1, -0.05) is 6.07 Å². The lowest BCUT2D eigenvalue weighted by Gasteiger charge is -2.13. The van der Waals surface area contributed by atoms with Gasteiger partial charge in [0.05, 0.1) is 14.2 Å². The smallest absolute Gasteiger partial charge is 0.315 e. The fourth-order valence-corrected chi connectivity index (χ4v) is 4.17. The standard InChI is InChI=1S/C21H23FN2O3/c1-26-15-4-6-18(27-2)12(10-15)7-8-23-21(25)24-20-17-11-13-9-14(22)3-5-16(13)19(17)20/h3-6,9-10,17,19-20H,7-8,11H2,1-2H3,(H2,23,24,25). The number of ether oxygens (including phenoxy) is 2. The molecular weight excluding hydrogens is 347 g/mol. The average molecular weight is 370 g/mol. The Morgan fingerprint density at radius 3 is 2.81 bits per heavy atom. The van der Waals surface area contributed by atoms with Crippen molar-refractivity contribution in [3.63, 3.8) is 0 Å². The second-order valence-electron chi connectivity index (χ2n) is 7.09. The molecule has 0 spiro atoms. The summed E-state index contributed by atoms with van der Waals surface area (Å²) in [5.41, 5.74) is 3.23. The van der Waals surface area contributed by atoms with E-state index in [1.807, 2.05) is 24.3 Å². The Labute approximate surface area is 157 Å². The van der Waals surface area contributed by atoms with Gasteiger partial charge in [-0.15, -0.1) is 0 Å². The number of fused-ring (bicyclic) bond motifs is 3. The zero-order valence-electron chi connectivity index (χ0n) is 15.4. The number of hydrogen-bond acceptors (Lipinski definition) is 3. The molecule has 3 atom stereocenters. The summed E-state index contributed by atoms with van der Waals surface area (Å²) < 4.78 is 23.9. The molecule has 0 aliphatic heterocycles. The maximum atomic E-state index is 13.3. The molecule has 3 unspecified atom stereocenters. The molecule has 0 saturated heterocycles. The van der Waals surface area contributed by atoms with Gasteiger partial charge in [-0.05, 0) is 65.8 Å². The third-order valence-corrected chi connectivity index (χ3v) is 5.55. The number of benzene rings is 2. The molecule has 5 nitrogen and oxygen atoms in total. The van der Waals surface area contributed by atoms with Gasteiger partial charge in [-0.2, -0.15) is 0 Å². The molecule has 0 heterocycles. The Kier molecular flexibility index (Phi) is 4.64. The molecule has 27 heavy (non-hydrogen) atoms. The van der Waals surface area contributed by atoms with E-state index >= 15 is 0 Å². The molecule has 4 rings (SSSR count). The third-order valence-electron chi connectivity index (χ3n) is 5.55. The van der Waals surface area contributed by atoms with E-state index in [0.29, 0.717) is 24.8 Å². The number of amides is 2. The topological polar surface area (TPSA) is 59.6 Å². The second kappa shape index (κ2) is 7.10. The van der Waals surface area contributed by atoms with Crippen molar-refractivity contribution in [3.05, 3.63) is 58.9 Å². The normalized spacial score (nSPS) is 21.8. The monoisotopic (exact) mass is 370 g/mol. The van der Waals surface area contributed by atoms with Gasteiger partial charge in [0.2, 0.25) is 0 Å². The number of carbonyl (C=O) groups is 1. The highest BCUT2D eigenvalue weighted by atomic mass is 19.1. The van der Waals surface area contributed by atoms with Gasteiger partial charge in [0.25, 0.3) is 0 Å². The second-order valence-corrected chi connectivity index (χ2v) is 7.09. The van der Waals surface area contributed by atoms with Crippen LogP contribution in [0.1, 0.15) is 22.6 Å².